The van der Waals surface area contributed by atoms with Crippen LogP contribution in [0.1, 0.15) is 5.56 Å². The van der Waals surface area contributed by atoms with E-state index in [-0.39, 0.29) is 24.8 Å². The number of thioether (sulfide) groups is 1. The second kappa shape index (κ2) is 5.51. The lowest BCUT2D eigenvalue weighted by Gasteiger charge is -2.11. The Labute approximate surface area is 114 Å². The number of rotatable bonds is 3. The van der Waals surface area contributed by atoms with Gasteiger partial charge in [-0.2, -0.15) is 0 Å². The highest BCUT2D eigenvalue weighted by Crippen LogP contribution is 2.32. The first kappa shape index (κ1) is 13.1. The lowest BCUT2D eigenvalue weighted by atomic mass is 10.2. The molecule has 0 atom stereocenters. The van der Waals surface area contributed by atoms with Gasteiger partial charge < -0.3 is 10.2 Å². The maximum atomic E-state index is 12.0. The second-order valence-electron chi connectivity index (χ2n) is 3.65. The van der Waals surface area contributed by atoms with Crippen LogP contribution in [0.4, 0.5) is 0 Å². The molecular weight excluding hydrogens is 270 g/mol. The number of nitrogens with zero attached hydrogens (tertiary/aromatic N) is 1. The molecule has 18 heavy (non-hydrogen) atoms. The molecule has 0 spiro atoms. The van der Waals surface area contributed by atoms with E-state index in [1.165, 1.54) is 16.7 Å². The lowest BCUT2D eigenvalue weighted by molar-refractivity contribution is -0.122. The number of hydrogen-bond donors (Lipinski definition) is 2. The summed E-state index contributed by atoms with van der Waals surface area (Å²) >= 11 is 6.27. The van der Waals surface area contributed by atoms with Crippen LogP contribution in [0.3, 0.4) is 0 Å². The van der Waals surface area contributed by atoms with Crippen molar-refractivity contribution in [1.29, 1.82) is 0 Å². The number of aliphatic hydroxyl groups excluding tert-OH is 1. The number of aromatic hydroxyl groups is 1. The minimum Gasteiger partial charge on any atom is -0.508 e. The van der Waals surface area contributed by atoms with Crippen LogP contribution in [-0.2, 0) is 4.79 Å². The van der Waals surface area contributed by atoms with Crippen molar-refractivity contribution in [3.63, 3.8) is 0 Å². The SMILES string of the molecule is O=C1C(=Cc2cccc(O)c2)SC(=S)N1CCO. The zero-order valence-electron chi connectivity index (χ0n) is 9.37. The van der Waals surface area contributed by atoms with Crippen molar-refractivity contribution in [3.8, 4) is 5.75 Å². The molecule has 0 aromatic heterocycles. The van der Waals surface area contributed by atoms with E-state index in [1.54, 1.807) is 30.3 Å². The molecule has 1 aromatic carbocycles. The van der Waals surface area contributed by atoms with Gasteiger partial charge in [-0.05, 0) is 23.8 Å². The van der Waals surface area contributed by atoms with E-state index in [2.05, 4.69) is 0 Å². The molecule has 6 heteroatoms. The summed E-state index contributed by atoms with van der Waals surface area (Å²) < 4.78 is 0.445. The number of phenols is 1. The van der Waals surface area contributed by atoms with Gasteiger partial charge in [0.2, 0.25) is 0 Å². The Morgan fingerprint density at radius 3 is 2.89 bits per heavy atom. The largest absolute Gasteiger partial charge is 0.508 e. The van der Waals surface area contributed by atoms with Gasteiger partial charge in [-0.15, -0.1) is 0 Å². The molecule has 94 valence electrons. The van der Waals surface area contributed by atoms with Crippen molar-refractivity contribution < 1.29 is 15.0 Å². The fourth-order valence-electron chi connectivity index (χ4n) is 1.56. The third-order valence-corrected chi connectivity index (χ3v) is 3.74. The molecular formula is C12H11NO3S2. The topological polar surface area (TPSA) is 60.8 Å². The normalized spacial score (nSPS) is 17.8. The van der Waals surface area contributed by atoms with E-state index in [1.807, 2.05) is 0 Å². The Morgan fingerprint density at radius 2 is 2.22 bits per heavy atom. The molecule has 0 saturated carbocycles. The number of β-amino-alcohol motifs (C(OH)–C–C–N with tert-alkyl or cyclic N) is 1. The average molecular weight is 281 g/mol. The number of hydrogen-bond acceptors (Lipinski definition) is 5. The molecule has 2 N–H and O–H groups in total. The lowest BCUT2D eigenvalue weighted by Crippen LogP contribution is -2.30. The van der Waals surface area contributed by atoms with Gasteiger partial charge in [-0.25, -0.2) is 0 Å². The number of carbonyl (C=O) groups is 1. The van der Waals surface area contributed by atoms with Crippen LogP contribution in [0.15, 0.2) is 29.2 Å². The van der Waals surface area contributed by atoms with E-state index in [0.717, 1.165) is 5.56 Å². The monoisotopic (exact) mass is 281 g/mol. The van der Waals surface area contributed by atoms with Gasteiger partial charge in [0, 0.05) is 0 Å². The Kier molecular flexibility index (Phi) is 4.00. The van der Waals surface area contributed by atoms with Crippen molar-refractivity contribution in [2.45, 2.75) is 0 Å². The summed E-state index contributed by atoms with van der Waals surface area (Å²) in [4.78, 5) is 13.8. The Balaban J connectivity index is 2.25. The number of thiocarbonyl (C=S) groups is 1. The number of benzene rings is 1. The fraction of sp³-hybridized carbons (Fsp3) is 0.167. The van der Waals surface area contributed by atoms with Gasteiger partial charge in [0.25, 0.3) is 5.91 Å². The van der Waals surface area contributed by atoms with Crippen LogP contribution in [-0.4, -0.2) is 38.5 Å². The Bertz CT molecular complexity index is 528. The van der Waals surface area contributed by atoms with Gasteiger partial charge in [0.05, 0.1) is 18.1 Å². The summed E-state index contributed by atoms with van der Waals surface area (Å²) in [5.41, 5.74) is 0.736. The van der Waals surface area contributed by atoms with E-state index in [9.17, 15) is 9.90 Å². The van der Waals surface area contributed by atoms with Crippen LogP contribution < -0.4 is 0 Å². The van der Waals surface area contributed by atoms with Crippen molar-refractivity contribution in [2.75, 3.05) is 13.2 Å². The van der Waals surface area contributed by atoms with Gasteiger partial charge in [0.15, 0.2) is 0 Å². The molecule has 0 radical (unpaired) electrons. The van der Waals surface area contributed by atoms with Gasteiger partial charge in [-0.3, -0.25) is 9.69 Å². The summed E-state index contributed by atoms with van der Waals surface area (Å²) in [7, 11) is 0. The number of carbonyl (C=O) groups excluding carboxylic acids is 1. The van der Waals surface area contributed by atoms with Crippen LogP contribution in [0.5, 0.6) is 5.75 Å². The molecule has 1 amide bonds. The van der Waals surface area contributed by atoms with Crippen LogP contribution in [0.25, 0.3) is 6.08 Å². The summed E-state index contributed by atoms with van der Waals surface area (Å²) in [5, 5.41) is 18.2. The van der Waals surface area contributed by atoms with E-state index in [0.29, 0.717) is 9.23 Å². The van der Waals surface area contributed by atoms with Crippen LogP contribution in [0, 0.1) is 0 Å². The molecule has 1 aliphatic heterocycles. The first-order chi connectivity index (χ1) is 8.61. The van der Waals surface area contributed by atoms with Crippen molar-refractivity contribution in [1.82, 2.24) is 4.90 Å². The molecule has 1 fully saturated rings. The van der Waals surface area contributed by atoms with Crippen molar-refractivity contribution in [3.05, 3.63) is 34.7 Å². The Morgan fingerprint density at radius 1 is 1.44 bits per heavy atom. The molecule has 2 rings (SSSR count). The fourth-order valence-corrected chi connectivity index (χ4v) is 2.87. The molecule has 1 saturated heterocycles. The predicted molar refractivity (Wildman–Crippen MR) is 75.1 cm³/mol. The summed E-state index contributed by atoms with van der Waals surface area (Å²) in [6, 6.07) is 6.63. The van der Waals surface area contributed by atoms with Gasteiger partial charge in [0.1, 0.15) is 10.1 Å². The molecule has 0 aliphatic carbocycles. The maximum absolute atomic E-state index is 12.0. The smallest absolute Gasteiger partial charge is 0.266 e. The second-order valence-corrected chi connectivity index (χ2v) is 5.33. The minimum absolute atomic E-state index is 0.119. The van der Waals surface area contributed by atoms with Crippen LogP contribution >= 0.6 is 24.0 Å². The first-order valence-corrected chi connectivity index (χ1v) is 6.49. The third-order valence-electron chi connectivity index (χ3n) is 2.37. The molecule has 4 nitrogen and oxygen atoms in total. The Hall–Kier alpha value is -1.37. The standard InChI is InChI=1S/C12H11NO3S2/c14-5-4-13-11(16)10(18-12(13)17)7-8-2-1-3-9(15)6-8/h1-3,6-7,14-15H,4-5H2. The quantitative estimate of drug-likeness (QED) is 0.651. The number of aliphatic hydroxyl groups is 1. The highest BCUT2D eigenvalue weighted by molar-refractivity contribution is 8.26. The summed E-state index contributed by atoms with van der Waals surface area (Å²) in [5.74, 6) is -0.0584. The zero-order valence-corrected chi connectivity index (χ0v) is 11.0. The third kappa shape index (κ3) is 2.72. The number of phenolic OH excluding ortho intramolecular Hbond substituents is 1. The van der Waals surface area contributed by atoms with E-state index in [4.69, 9.17) is 17.3 Å². The predicted octanol–water partition coefficient (Wildman–Crippen LogP) is 1.59. The highest BCUT2D eigenvalue weighted by Gasteiger charge is 2.31. The highest BCUT2D eigenvalue weighted by atomic mass is 32.2. The average Bonchev–Trinajstić information content (AvgIpc) is 2.57. The van der Waals surface area contributed by atoms with Crippen molar-refractivity contribution in [2.24, 2.45) is 0 Å². The van der Waals surface area contributed by atoms with Gasteiger partial charge >= 0.3 is 0 Å². The molecule has 1 aliphatic rings. The van der Waals surface area contributed by atoms with E-state index < -0.39 is 0 Å². The summed E-state index contributed by atoms with van der Waals surface area (Å²) in [6.07, 6.45) is 1.68. The molecule has 0 unspecified atom stereocenters. The zero-order chi connectivity index (χ0) is 13.1. The maximum Gasteiger partial charge on any atom is 0.266 e. The minimum atomic E-state index is -0.206. The van der Waals surface area contributed by atoms with Crippen molar-refractivity contribution >= 4 is 40.3 Å². The molecule has 1 heterocycles. The van der Waals surface area contributed by atoms with E-state index >= 15 is 0 Å². The first-order valence-electron chi connectivity index (χ1n) is 5.27. The molecule has 1 aromatic rings. The summed E-state index contributed by atoms with van der Waals surface area (Å²) in [6.45, 7) is 0.0912. The van der Waals surface area contributed by atoms with Crippen LogP contribution in [0.2, 0.25) is 0 Å². The molecule has 0 bridgehead atoms. The number of amides is 1. The van der Waals surface area contributed by atoms with Gasteiger partial charge in [-0.1, -0.05) is 36.1 Å².